The minimum Gasteiger partial charge on any atom is -0.490 e. The zero-order chi connectivity index (χ0) is 24.6. The molecule has 35 heavy (non-hydrogen) atoms. The van der Waals surface area contributed by atoms with Crippen molar-refractivity contribution in [1.29, 1.82) is 0 Å². The molecule has 0 spiro atoms. The monoisotopic (exact) mass is 502 g/mol. The van der Waals surface area contributed by atoms with Gasteiger partial charge in [0.1, 0.15) is 24.1 Å². The van der Waals surface area contributed by atoms with Crippen LogP contribution in [0.15, 0.2) is 36.7 Å². The summed E-state index contributed by atoms with van der Waals surface area (Å²) in [6, 6.07) is 8.27. The number of nitrogens with one attached hydrogen (secondary N) is 1. The van der Waals surface area contributed by atoms with E-state index in [-0.39, 0.29) is 11.1 Å². The topological polar surface area (TPSA) is 68.7 Å². The van der Waals surface area contributed by atoms with Gasteiger partial charge < -0.3 is 24.4 Å². The molecule has 1 N–H and O–H groups in total. The highest BCUT2D eigenvalue weighted by Crippen LogP contribution is 2.36. The number of hydrogen-bond acceptors (Lipinski definition) is 7. The smallest absolute Gasteiger partial charge is 0.163 e. The van der Waals surface area contributed by atoms with Crippen LogP contribution in [-0.4, -0.2) is 60.4 Å². The van der Waals surface area contributed by atoms with Gasteiger partial charge >= 0.3 is 0 Å². The Morgan fingerprint density at radius 2 is 1.91 bits per heavy atom. The lowest BCUT2D eigenvalue weighted by Crippen LogP contribution is -2.26. The lowest BCUT2D eigenvalue weighted by Gasteiger charge is -2.25. The van der Waals surface area contributed by atoms with E-state index in [9.17, 15) is 4.39 Å². The molecular formula is C26H32ClFN4O3. The quantitative estimate of drug-likeness (QED) is 0.330. The van der Waals surface area contributed by atoms with Gasteiger partial charge in [0.25, 0.3) is 0 Å². The SMILES string of the molecule is CCN(CC)CCCOc1cc2ncnc(Nc3ccc(F)c(Cl)c3)c2cc1OC1CCOCC1. The van der Waals surface area contributed by atoms with Crippen LogP contribution in [0.2, 0.25) is 5.02 Å². The molecule has 1 aromatic heterocycles. The molecule has 1 aliphatic rings. The van der Waals surface area contributed by atoms with Gasteiger partial charge in [0.2, 0.25) is 0 Å². The second kappa shape index (κ2) is 12.3. The van der Waals surface area contributed by atoms with Gasteiger partial charge in [0.15, 0.2) is 11.5 Å². The minimum atomic E-state index is -0.473. The summed E-state index contributed by atoms with van der Waals surface area (Å²) < 4.78 is 31.7. The molecule has 0 aliphatic carbocycles. The summed E-state index contributed by atoms with van der Waals surface area (Å²) >= 11 is 5.95. The van der Waals surface area contributed by atoms with Gasteiger partial charge in [-0.15, -0.1) is 0 Å². The molecule has 2 heterocycles. The van der Waals surface area contributed by atoms with Crippen LogP contribution in [0.1, 0.15) is 33.1 Å². The van der Waals surface area contributed by atoms with Crippen molar-refractivity contribution in [2.75, 3.05) is 44.8 Å². The molecule has 0 atom stereocenters. The minimum absolute atomic E-state index is 0.0392. The van der Waals surface area contributed by atoms with E-state index in [0.717, 1.165) is 44.3 Å². The first kappa shape index (κ1) is 25.4. The summed E-state index contributed by atoms with van der Waals surface area (Å²) in [5.41, 5.74) is 1.34. The van der Waals surface area contributed by atoms with Crippen molar-refractivity contribution in [3.8, 4) is 11.5 Å². The van der Waals surface area contributed by atoms with Gasteiger partial charge in [0, 0.05) is 36.5 Å². The van der Waals surface area contributed by atoms with E-state index in [0.29, 0.717) is 48.3 Å². The van der Waals surface area contributed by atoms with E-state index in [1.807, 2.05) is 12.1 Å². The van der Waals surface area contributed by atoms with Crippen molar-refractivity contribution < 1.29 is 18.6 Å². The largest absolute Gasteiger partial charge is 0.490 e. The highest BCUT2D eigenvalue weighted by atomic mass is 35.5. The number of nitrogens with zero attached hydrogens (tertiary/aromatic N) is 3. The molecule has 3 aromatic rings. The Morgan fingerprint density at radius 1 is 1.11 bits per heavy atom. The molecule has 2 aromatic carbocycles. The first-order valence-corrected chi connectivity index (χ1v) is 12.6. The van der Waals surface area contributed by atoms with Crippen LogP contribution in [0.5, 0.6) is 11.5 Å². The van der Waals surface area contributed by atoms with E-state index < -0.39 is 5.82 Å². The van der Waals surface area contributed by atoms with E-state index >= 15 is 0 Å². The van der Waals surface area contributed by atoms with Crippen LogP contribution in [0.25, 0.3) is 10.9 Å². The lowest BCUT2D eigenvalue weighted by molar-refractivity contribution is 0.0243. The van der Waals surface area contributed by atoms with Crippen LogP contribution in [-0.2, 0) is 4.74 Å². The third kappa shape index (κ3) is 6.72. The maximum atomic E-state index is 13.6. The Morgan fingerprint density at radius 3 is 2.66 bits per heavy atom. The van der Waals surface area contributed by atoms with Crippen molar-refractivity contribution in [3.63, 3.8) is 0 Å². The van der Waals surface area contributed by atoms with Crippen LogP contribution >= 0.6 is 11.6 Å². The highest BCUT2D eigenvalue weighted by molar-refractivity contribution is 6.31. The number of rotatable bonds is 11. The van der Waals surface area contributed by atoms with E-state index in [4.69, 9.17) is 25.8 Å². The third-order valence-electron chi connectivity index (χ3n) is 6.12. The fraction of sp³-hybridized carbons (Fsp3) is 0.462. The fourth-order valence-electron chi connectivity index (χ4n) is 4.06. The normalized spacial score (nSPS) is 14.4. The molecule has 0 radical (unpaired) electrons. The Labute approximate surface area is 210 Å². The predicted molar refractivity (Wildman–Crippen MR) is 137 cm³/mol. The number of ether oxygens (including phenoxy) is 3. The van der Waals surface area contributed by atoms with Gasteiger partial charge in [-0.3, -0.25) is 0 Å². The summed E-state index contributed by atoms with van der Waals surface area (Å²) in [5, 5.41) is 4.03. The summed E-state index contributed by atoms with van der Waals surface area (Å²) in [5.74, 6) is 1.42. The zero-order valence-corrected chi connectivity index (χ0v) is 21.0. The van der Waals surface area contributed by atoms with Crippen LogP contribution in [0, 0.1) is 5.82 Å². The molecule has 0 unspecified atom stereocenters. The zero-order valence-electron chi connectivity index (χ0n) is 20.2. The van der Waals surface area contributed by atoms with E-state index in [1.165, 1.54) is 18.5 Å². The average molecular weight is 503 g/mol. The molecular weight excluding hydrogens is 471 g/mol. The summed E-state index contributed by atoms with van der Waals surface area (Å²) in [7, 11) is 0. The number of hydrogen-bond donors (Lipinski definition) is 1. The highest BCUT2D eigenvalue weighted by Gasteiger charge is 2.20. The molecule has 1 aliphatic heterocycles. The van der Waals surface area contributed by atoms with Crippen LogP contribution in [0.4, 0.5) is 15.9 Å². The molecule has 0 saturated carbocycles. The lowest BCUT2D eigenvalue weighted by atomic mass is 10.1. The molecule has 7 nitrogen and oxygen atoms in total. The number of fused-ring (bicyclic) bond motifs is 1. The molecule has 188 valence electrons. The summed E-state index contributed by atoms with van der Waals surface area (Å²) in [6.45, 7) is 9.30. The number of anilines is 2. The standard InChI is InChI=1S/C26H32ClFN4O3/c1-3-32(4-2)10-5-11-34-24-16-23-20(15-25(24)35-19-8-12-33-13-9-19)26(30-17-29-23)31-18-6-7-22(28)21(27)14-18/h6-7,14-17,19H,3-5,8-13H2,1-2H3,(H,29,30,31). The molecule has 0 amide bonds. The van der Waals surface area contributed by atoms with Crippen molar-refractivity contribution in [2.24, 2.45) is 0 Å². The van der Waals surface area contributed by atoms with Crippen molar-refractivity contribution in [3.05, 3.63) is 47.5 Å². The second-order valence-electron chi connectivity index (χ2n) is 8.45. The Kier molecular flexibility index (Phi) is 8.95. The molecule has 9 heteroatoms. The molecule has 1 fully saturated rings. The number of aromatic nitrogens is 2. The molecule has 0 bridgehead atoms. The summed E-state index contributed by atoms with van der Waals surface area (Å²) in [4.78, 5) is 11.2. The van der Waals surface area contributed by atoms with Gasteiger partial charge in [0.05, 0.1) is 30.4 Å². The van der Waals surface area contributed by atoms with Gasteiger partial charge in [-0.25, -0.2) is 14.4 Å². The van der Waals surface area contributed by atoms with E-state index in [1.54, 1.807) is 6.07 Å². The van der Waals surface area contributed by atoms with Gasteiger partial charge in [-0.2, -0.15) is 0 Å². The first-order chi connectivity index (χ1) is 17.1. The Balaban J connectivity index is 1.60. The average Bonchev–Trinajstić information content (AvgIpc) is 2.87. The Hall–Kier alpha value is -2.68. The molecule has 4 rings (SSSR count). The van der Waals surface area contributed by atoms with Crippen molar-refractivity contribution in [2.45, 2.75) is 39.2 Å². The van der Waals surface area contributed by atoms with E-state index in [2.05, 4.69) is 34.0 Å². The third-order valence-corrected chi connectivity index (χ3v) is 6.41. The van der Waals surface area contributed by atoms with Gasteiger partial charge in [-0.05, 0) is 43.8 Å². The maximum absolute atomic E-state index is 13.6. The number of halogens is 2. The summed E-state index contributed by atoms with van der Waals surface area (Å²) in [6.07, 6.45) is 4.10. The maximum Gasteiger partial charge on any atom is 0.163 e. The van der Waals surface area contributed by atoms with Gasteiger partial charge in [-0.1, -0.05) is 25.4 Å². The van der Waals surface area contributed by atoms with Crippen LogP contribution in [0.3, 0.4) is 0 Å². The second-order valence-corrected chi connectivity index (χ2v) is 8.86. The fourth-order valence-corrected chi connectivity index (χ4v) is 4.24. The predicted octanol–water partition coefficient (Wildman–Crippen LogP) is 5.83. The Bertz CT molecular complexity index is 1120. The van der Waals surface area contributed by atoms with Crippen LogP contribution < -0.4 is 14.8 Å². The number of benzene rings is 2. The van der Waals surface area contributed by atoms with Crippen molar-refractivity contribution in [1.82, 2.24) is 14.9 Å². The molecule has 1 saturated heterocycles. The van der Waals surface area contributed by atoms with Crippen molar-refractivity contribution >= 4 is 34.0 Å². The first-order valence-electron chi connectivity index (χ1n) is 12.2.